The highest BCUT2D eigenvalue weighted by atomic mass is 32.1. The molecule has 0 saturated heterocycles. The molecule has 0 aliphatic carbocycles. The van der Waals surface area contributed by atoms with Gasteiger partial charge in [0.15, 0.2) is 12.4 Å². The van der Waals surface area contributed by atoms with Gasteiger partial charge in [0.25, 0.3) is 11.8 Å². The van der Waals surface area contributed by atoms with Crippen LogP contribution in [-0.4, -0.2) is 24.5 Å². The van der Waals surface area contributed by atoms with Gasteiger partial charge in [-0.05, 0) is 38.1 Å². The number of rotatable bonds is 4. The zero-order valence-electron chi connectivity index (χ0n) is 13.0. The lowest BCUT2D eigenvalue weighted by molar-refractivity contribution is -0.118. The minimum absolute atomic E-state index is 0.00888. The monoisotopic (exact) mass is 330 g/mol. The molecule has 0 spiro atoms. The molecule has 3 rings (SSSR count). The fourth-order valence-corrected chi connectivity index (χ4v) is 3.56. The average molecular weight is 330 g/mol. The van der Waals surface area contributed by atoms with Gasteiger partial charge in [0.2, 0.25) is 0 Å². The van der Waals surface area contributed by atoms with Crippen molar-refractivity contribution in [3.63, 3.8) is 0 Å². The van der Waals surface area contributed by atoms with E-state index in [2.05, 4.69) is 29.7 Å². The fourth-order valence-electron chi connectivity index (χ4n) is 2.54. The van der Waals surface area contributed by atoms with Crippen LogP contribution >= 0.6 is 11.3 Å². The zero-order chi connectivity index (χ0) is 16.4. The SMILES string of the molecule is Cc1ccc(C[C@@H](C)NC(=O)c2cccc3c2OCC(=O)N3)s1. The van der Waals surface area contributed by atoms with E-state index in [-0.39, 0.29) is 24.5 Å². The van der Waals surface area contributed by atoms with E-state index in [1.165, 1.54) is 9.75 Å². The molecule has 6 heteroatoms. The summed E-state index contributed by atoms with van der Waals surface area (Å²) in [5, 5.41) is 5.70. The Kier molecular flexibility index (Phi) is 4.34. The summed E-state index contributed by atoms with van der Waals surface area (Å²) in [6.45, 7) is 3.98. The van der Waals surface area contributed by atoms with Gasteiger partial charge in [0.1, 0.15) is 0 Å². The maximum Gasteiger partial charge on any atom is 0.262 e. The molecule has 1 aliphatic heterocycles. The van der Waals surface area contributed by atoms with Crippen LogP contribution in [0.2, 0.25) is 0 Å². The Balaban J connectivity index is 1.71. The van der Waals surface area contributed by atoms with Gasteiger partial charge in [-0.25, -0.2) is 0 Å². The molecule has 0 unspecified atom stereocenters. The Bertz CT molecular complexity index is 754. The van der Waals surface area contributed by atoms with Crippen molar-refractivity contribution in [1.82, 2.24) is 5.32 Å². The molecule has 0 radical (unpaired) electrons. The molecule has 5 nitrogen and oxygen atoms in total. The van der Waals surface area contributed by atoms with Crippen LogP contribution in [0.15, 0.2) is 30.3 Å². The van der Waals surface area contributed by atoms with Crippen molar-refractivity contribution in [2.45, 2.75) is 26.3 Å². The van der Waals surface area contributed by atoms with Gasteiger partial charge in [-0.1, -0.05) is 6.07 Å². The second kappa shape index (κ2) is 6.42. The molecule has 0 fully saturated rings. The molecular formula is C17H18N2O3S. The van der Waals surface area contributed by atoms with Gasteiger partial charge in [-0.3, -0.25) is 9.59 Å². The van der Waals surface area contributed by atoms with E-state index in [9.17, 15) is 9.59 Å². The lowest BCUT2D eigenvalue weighted by Gasteiger charge is -2.21. The molecule has 2 amide bonds. The fraction of sp³-hybridized carbons (Fsp3) is 0.294. The number of ether oxygens (including phenoxy) is 1. The Morgan fingerprint density at radius 2 is 2.22 bits per heavy atom. The largest absolute Gasteiger partial charge is 0.481 e. The molecule has 23 heavy (non-hydrogen) atoms. The van der Waals surface area contributed by atoms with Crippen LogP contribution in [0.4, 0.5) is 5.69 Å². The summed E-state index contributed by atoms with van der Waals surface area (Å²) in [5.74, 6) is 0.0269. The van der Waals surface area contributed by atoms with E-state index < -0.39 is 0 Å². The molecule has 1 atom stereocenters. The molecule has 0 saturated carbocycles. The number of carbonyl (C=O) groups excluding carboxylic acids is 2. The Morgan fingerprint density at radius 3 is 2.96 bits per heavy atom. The minimum atomic E-state index is -0.212. The van der Waals surface area contributed by atoms with Crippen molar-refractivity contribution < 1.29 is 14.3 Å². The number of thiophene rings is 1. The molecule has 120 valence electrons. The van der Waals surface area contributed by atoms with Gasteiger partial charge in [0, 0.05) is 22.2 Å². The third kappa shape index (κ3) is 3.53. The molecule has 1 aromatic carbocycles. The van der Waals surface area contributed by atoms with Gasteiger partial charge in [-0.15, -0.1) is 11.3 Å². The smallest absolute Gasteiger partial charge is 0.262 e. The third-order valence-corrected chi connectivity index (χ3v) is 4.59. The summed E-state index contributed by atoms with van der Waals surface area (Å²) < 4.78 is 5.42. The topological polar surface area (TPSA) is 67.4 Å². The summed E-state index contributed by atoms with van der Waals surface area (Å²) in [5.41, 5.74) is 0.979. The summed E-state index contributed by atoms with van der Waals surface area (Å²) >= 11 is 1.74. The van der Waals surface area contributed by atoms with Crippen LogP contribution in [0.3, 0.4) is 0 Å². The second-order valence-electron chi connectivity index (χ2n) is 5.61. The number of anilines is 1. The second-order valence-corrected chi connectivity index (χ2v) is 6.98. The lowest BCUT2D eigenvalue weighted by Crippen LogP contribution is -2.35. The van der Waals surface area contributed by atoms with Crippen molar-refractivity contribution in [2.75, 3.05) is 11.9 Å². The minimum Gasteiger partial charge on any atom is -0.481 e. The van der Waals surface area contributed by atoms with Gasteiger partial charge in [-0.2, -0.15) is 0 Å². The van der Waals surface area contributed by atoms with E-state index in [0.29, 0.717) is 17.0 Å². The number of amides is 2. The predicted octanol–water partition coefficient (Wildman–Crippen LogP) is 2.75. The van der Waals surface area contributed by atoms with Gasteiger partial charge >= 0.3 is 0 Å². The summed E-state index contributed by atoms with van der Waals surface area (Å²) in [6, 6.07) is 9.34. The van der Waals surface area contributed by atoms with Crippen molar-refractivity contribution in [3.05, 3.63) is 45.6 Å². The van der Waals surface area contributed by atoms with Gasteiger partial charge < -0.3 is 15.4 Å². The van der Waals surface area contributed by atoms with E-state index in [1.807, 2.05) is 6.92 Å². The molecular weight excluding hydrogens is 312 g/mol. The number of benzene rings is 1. The Labute approximate surface area is 138 Å². The molecule has 2 N–H and O–H groups in total. The van der Waals surface area contributed by atoms with Crippen molar-refractivity contribution in [1.29, 1.82) is 0 Å². The molecule has 0 bridgehead atoms. The maximum atomic E-state index is 12.5. The zero-order valence-corrected chi connectivity index (χ0v) is 13.8. The number of hydrogen-bond donors (Lipinski definition) is 2. The third-order valence-electron chi connectivity index (χ3n) is 3.56. The quantitative estimate of drug-likeness (QED) is 0.906. The number of hydrogen-bond acceptors (Lipinski definition) is 4. The highest BCUT2D eigenvalue weighted by molar-refractivity contribution is 7.11. The first-order valence-corrected chi connectivity index (χ1v) is 8.26. The first-order valence-electron chi connectivity index (χ1n) is 7.45. The number of carbonyl (C=O) groups is 2. The summed E-state index contributed by atoms with van der Waals surface area (Å²) in [7, 11) is 0. The number of para-hydroxylation sites is 1. The summed E-state index contributed by atoms with van der Waals surface area (Å²) in [6.07, 6.45) is 0.789. The van der Waals surface area contributed by atoms with E-state index in [1.54, 1.807) is 29.5 Å². The van der Waals surface area contributed by atoms with Crippen molar-refractivity contribution in [2.24, 2.45) is 0 Å². The Morgan fingerprint density at radius 1 is 1.39 bits per heavy atom. The highest BCUT2D eigenvalue weighted by Gasteiger charge is 2.23. The van der Waals surface area contributed by atoms with Crippen LogP contribution in [0.5, 0.6) is 5.75 Å². The maximum absolute atomic E-state index is 12.5. The molecule has 2 heterocycles. The first kappa shape index (κ1) is 15.6. The number of nitrogens with one attached hydrogen (secondary N) is 2. The van der Waals surface area contributed by atoms with E-state index >= 15 is 0 Å². The first-order chi connectivity index (χ1) is 11.0. The van der Waals surface area contributed by atoms with Crippen LogP contribution in [0.1, 0.15) is 27.0 Å². The predicted molar refractivity (Wildman–Crippen MR) is 90.3 cm³/mol. The van der Waals surface area contributed by atoms with Crippen LogP contribution in [0.25, 0.3) is 0 Å². The van der Waals surface area contributed by atoms with Crippen LogP contribution in [-0.2, 0) is 11.2 Å². The van der Waals surface area contributed by atoms with Crippen LogP contribution in [0, 0.1) is 6.92 Å². The molecule has 1 aliphatic rings. The normalized spacial score (nSPS) is 14.4. The van der Waals surface area contributed by atoms with Crippen molar-refractivity contribution >= 4 is 28.8 Å². The number of fused-ring (bicyclic) bond motifs is 1. The lowest BCUT2D eigenvalue weighted by atomic mass is 10.1. The highest BCUT2D eigenvalue weighted by Crippen LogP contribution is 2.31. The number of aryl methyl sites for hydroxylation is 1. The summed E-state index contributed by atoms with van der Waals surface area (Å²) in [4.78, 5) is 26.4. The van der Waals surface area contributed by atoms with E-state index in [0.717, 1.165) is 6.42 Å². The van der Waals surface area contributed by atoms with Gasteiger partial charge in [0.05, 0.1) is 11.3 Å². The standard InChI is InChI=1S/C17H18N2O3S/c1-10(8-12-7-6-11(2)23-12)18-17(21)13-4-3-5-14-16(13)22-9-15(20)19-14/h3-7,10H,8-9H2,1-2H3,(H,18,21)(H,19,20)/t10-/m1/s1. The molecule has 2 aromatic rings. The Hall–Kier alpha value is -2.34. The average Bonchev–Trinajstić information content (AvgIpc) is 2.91. The van der Waals surface area contributed by atoms with Crippen LogP contribution < -0.4 is 15.4 Å². The van der Waals surface area contributed by atoms with E-state index in [4.69, 9.17) is 4.74 Å². The molecule has 1 aromatic heterocycles. The van der Waals surface area contributed by atoms with Crippen molar-refractivity contribution in [3.8, 4) is 5.75 Å².